The highest BCUT2D eigenvalue weighted by Gasteiger charge is 2.30. The number of amides is 2. The average molecular weight is 268 g/mol. The van der Waals surface area contributed by atoms with Crippen molar-refractivity contribution in [2.24, 2.45) is 0 Å². The summed E-state index contributed by atoms with van der Waals surface area (Å²) in [7, 11) is 0. The highest BCUT2D eigenvalue weighted by Crippen LogP contribution is 2.30. The molecule has 0 radical (unpaired) electrons. The van der Waals surface area contributed by atoms with Crippen molar-refractivity contribution in [3.05, 3.63) is 23.7 Å². The highest BCUT2D eigenvalue weighted by atomic mass is 32.2. The molecule has 4 nitrogen and oxygen atoms in total. The Balaban J connectivity index is 2.13. The van der Waals surface area contributed by atoms with Crippen LogP contribution in [-0.2, 0) is 0 Å². The number of carbonyl (C=O) groups is 1. The van der Waals surface area contributed by atoms with Crippen molar-refractivity contribution >= 4 is 17.8 Å². The molecule has 0 unspecified atom stereocenters. The van der Waals surface area contributed by atoms with Crippen LogP contribution in [0.3, 0.4) is 0 Å². The second-order valence-electron chi connectivity index (χ2n) is 4.84. The molecule has 0 aliphatic carbocycles. The molecule has 0 aromatic carbocycles. The maximum absolute atomic E-state index is 12.2. The number of nitrogens with one attached hydrogen (secondary N) is 1. The predicted octanol–water partition coefficient (Wildman–Crippen LogP) is 2.80. The molecule has 1 aromatic rings. The number of carbonyl (C=O) groups excluding carboxylic acids is 1. The fourth-order valence-corrected chi connectivity index (χ4v) is 3.10. The van der Waals surface area contributed by atoms with Crippen LogP contribution in [0, 0.1) is 6.92 Å². The van der Waals surface area contributed by atoms with E-state index >= 15 is 0 Å². The Morgan fingerprint density at radius 2 is 2.33 bits per heavy atom. The molecule has 1 fully saturated rings. The summed E-state index contributed by atoms with van der Waals surface area (Å²) in [5.74, 6) is 3.67. The SMILES string of the molecule is Cc1ccc([C@@H]2CSCCN2C(=O)NC(C)C)o1. The van der Waals surface area contributed by atoms with E-state index < -0.39 is 0 Å². The van der Waals surface area contributed by atoms with Gasteiger partial charge in [-0.1, -0.05) is 0 Å². The molecule has 100 valence electrons. The maximum Gasteiger partial charge on any atom is 0.318 e. The molecule has 2 rings (SSSR count). The second kappa shape index (κ2) is 5.69. The van der Waals surface area contributed by atoms with Crippen molar-refractivity contribution in [3.8, 4) is 0 Å². The average Bonchev–Trinajstić information content (AvgIpc) is 2.75. The minimum absolute atomic E-state index is 0.00403. The molecule has 5 heteroatoms. The molecule has 1 aromatic heterocycles. The highest BCUT2D eigenvalue weighted by molar-refractivity contribution is 7.99. The quantitative estimate of drug-likeness (QED) is 0.897. The van der Waals surface area contributed by atoms with Crippen LogP contribution in [-0.4, -0.2) is 35.0 Å². The van der Waals surface area contributed by atoms with E-state index in [9.17, 15) is 4.79 Å². The van der Waals surface area contributed by atoms with Gasteiger partial charge in [0.15, 0.2) is 0 Å². The minimum Gasteiger partial charge on any atom is -0.464 e. The van der Waals surface area contributed by atoms with Crippen LogP contribution in [0.5, 0.6) is 0 Å². The maximum atomic E-state index is 12.2. The summed E-state index contributed by atoms with van der Waals surface area (Å²) in [6, 6.07) is 4.14. The Morgan fingerprint density at radius 1 is 1.56 bits per heavy atom. The van der Waals surface area contributed by atoms with Crippen LogP contribution in [0.15, 0.2) is 16.5 Å². The summed E-state index contributed by atoms with van der Waals surface area (Å²) >= 11 is 1.87. The van der Waals surface area contributed by atoms with E-state index in [0.29, 0.717) is 0 Å². The minimum atomic E-state index is 0.00403. The first-order valence-corrected chi connectivity index (χ1v) is 7.44. The largest absolute Gasteiger partial charge is 0.464 e. The zero-order valence-electron chi connectivity index (χ0n) is 11.1. The summed E-state index contributed by atoms with van der Waals surface area (Å²) in [5.41, 5.74) is 0. The van der Waals surface area contributed by atoms with Gasteiger partial charge in [-0.25, -0.2) is 4.79 Å². The second-order valence-corrected chi connectivity index (χ2v) is 5.99. The van der Waals surface area contributed by atoms with Crippen molar-refractivity contribution in [1.29, 1.82) is 0 Å². The van der Waals surface area contributed by atoms with Gasteiger partial charge in [0.25, 0.3) is 0 Å². The van der Waals surface area contributed by atoms with Gasteiger partial charge >= 0.3 is 6.03 Å². The third kappa shape index (κ3) is 3.02. The summed E-state index contributed by atoms with van der Waals surface area (Å²) in [4.78, 5) is 14.0. The normalized spacial score (nSPS) is 20.2. The van der Waals surface area contributed by atoms with E-state index in [1.54, 1.807) is 0 Å². The zero-order valence-corrected chi connectivity index (χ0v) is 11.9. The Hall–Kier alpha value is -1.10. The van der Waals surface area contributed by atoms with Gasteiger partial charge in [-0.3, -0.25) is 0 Å². The first-order valence-electron chi connectivity index (χ1n) is 6.29. The van der Waals surface area contributed by atoms with E-state index in [0.717, 1.165) is 29.6 Å². The predicted molar refractivity (Wildman–Crippen MR) is 73.9 cm³/mol. The lowest BCUT2D eigenvalue weighted by molar-refractivity contribution is 0.171. The van der Waals surface area contributed by atoms with Crippen LogP contribution in [0.2, 0.25) is 0 Å². The number of hydrogen-bond acceptors (Lipinski definition) is 3. The molecule has 1 N–H and O–H groups in total. The number of nitrogens with zero attached hydrogens (tertiary/aromatic N) is 1. The molecule has 0 saturated carbocycles. The molecule has 2 amide bonds. The standard InChI is InChI=1S/C13H20N2O2S/c1-9(2)14-13(16)15-6-7-18-8-11(15)12-5-4-10(3)17-12/h4-5,9,11H,6-8H2,1-3H3,(H,14,16)/t11-/m0/s1. The summed E-state index contributed by atoms with van der Waals surface area (Å²) in [5, 5.41) is 2.96. The van der Waals surface area contributed by atoms with Crippen LogP contribution >= 0.6 is 11.8 Å². The van der Waals surface area contributed by atoms with Crippen LogP contribution in [0.4, 0.5) is 4.79 Å². The monoisotopic (exact) mass is 268 g/mol. The fourth-order valence-electron chi connectivity index (χ4n) is 2.04. The number of thioether (sulfide) groups is 1. The third-order valence-electron chi connectivity index (χ3n) is 2.89. The first-order chi connectivity index (χ1) is 8.58. The lowest BCUT2D eigenvalue weighted by Gasteiger charge is -2.34. The smallest absolute Gasteiger partial charge is 0.318 e. The number of aryl methyl sites for hydroxylation is 1. The van der Waals surface area contributed by atoms with Crippen LogP contribution < -0.4 is 5.32 Å². The molecule has 1 aliphatic rings. The van der Waals surface area contributed by atoms with Crippen molar-refractivity contribution in [2.45, 2.75) is 32.9 Å². The van der Waals surface area contributed by atoms with Gasteiger partial charge in [-0.05, 0) is 32.9 Å². The van der Waals surface area contributed by atoms with Gasteiger partial charge in [0.2, 0.25) is 0 Å². The Labute approximate surface area is 112 Å². The van der Waals surface area contributed by atoms with Gasteiger partial charge in [0, 0.05) is 24.1 Å². The van der Waals surface area contributed by atoms with E-state index in [1.807, 2.05) is 49.6 Å². The van der Waals surface area contributed by atoms with Gasteiger partial charge in [0.05, 0.1) is 0 Å². The number of hydrogen-bond donors (Lipinski definition) is 1. The van der Waals surface area contributed by atoms with Gasteiger partial charge in [0.1, 0.15) is 17.6 Å². The number of urea groups is 1. The topological polar surface area (TPSA) is 45.5 Å². The van der Waals surface area contributed by atoms with Crippen molar-refractivity contribution in [1.82, 2.24) is 10.2 Å². The molecule has 1 aliphatic heterocycles. The molecular weight excluding hydrogens is 248 g/mol. The summed E-state index contributed by atoms with van der Waals surface area (Å²) in [6.45, 7) is 6.65. The zero-order chi connectivity index (χ0) is 13.1. The van der Waals surface area contributed by atoms with Crippen LogP contribution in [0.1, 0.15) is 31.4 Å². The fraction of sp³-hybridized carbons (Fsp3) is 0.615. The Bertz CT molecular complexity index is 417. The molecule has 0 spiro atoms. The van der Waals surface area contributed by atoms with Crippen molar-refractivity contribution in [2.75, 3.05) is 18.1 Å². The molecule has 18 heavy (non-hydrogen) atoms. The van der Waals surface area contributed by atoms with E-state index in [1.165, 1.54) is 0 Å². The van der Waals surface area contributed by atoms with Gasteiger partial charge in [-0.2, -0.15) is 11.8 Å². The molecule has 2 heterocycles. The van der Waals surface area contributed by atoms with Gasteiger partial charge in [-0.15, -0.1) is 0 Å². The number of rotatable bonds is 2. The van der Waals surface area contributed by atoms with Crippen LogP contribution in [0.25, 0.3) is 0 Å². The molecule has 1 saturated heterocycles. The summed E-state index contributed by atoms with van der Waals surface area (Å²) in [6.07, 6.45) is 0. The third-order valence-corrected chi connectivity index (χ3v) is 3.91. The Kier molecular flexibility index (Phi) is 4.22. The molecular formula is C13H20N2O2S. The summed E-state index contributed by atoms with van der Waals surface area (Å²) < 4.78 is 5.67. The molecule has 0 bridgehead atoms. The lowest BCUT2D eigenvalue weighted by atomic mass is 10.2. The first kappa shape index (κ1) is 13.3. The number of furan rings is 1. The molecule has 1 atom stereocenters. The van der Waals surface area contributed by atoms with Gasteiger partial charge < -0.3 is 14.6 Å². The van der Waals surface area contributed by atoms with Crippen molar-refractivity contribution < 1.29 is 9.21 Å². The lowest BCUT2D eigenvalue weighted by Crippen LogP contribution is -2.48. The Morgan fingerprint density at radius 3 is 2.94 bits per heavy atom. The van der Waals surface area contributed by atoms with E-state index in [2.05, 4.69) is 5.32 Å². The van der Waals surface area contributed by atoms with E-state index in [-0.39, 0.29) is 18.1 Å². The van der Waals surface area contributed by atoms with E-state index in [4.69, 9.17) is 4.42 Å². The van der Waals surface area contributed by atoms with Crippen molar-refractivity contribution in [3.63, 3.8) is 0 Å².